The summed E-state index contributed by atoms with van der Waals surface area (Å²) < 4.78 is 87.1. The maximum Gasteiger partial charge on any atom is 0.311 e. The number of aldehydes is 1. The van der Waals surface area contributed by atoms with Gasteiger partial charge in [-0.2, -0.15) is 0 Å². The molecule has 0 amide bonds. The van der Waals surface area contributed by atoms with E-state index in [1.54, 1.807) is 6.08 Å². The number of fused-ring (bicyclic) bond motifs is 4. The Bertz CT molecular complexity index is 4590. The minimum atomic E-state index is -3.20. The maximum absolute atomic E-state index is 12.8. The third kappa shape index (κ3) is 19.4. The number of aliphatic hydroxyl groups excluding tert-OH is 1. The van der Waals surface area contributed by atoms with Gasteiger partial charge in [0.25, 0.3) is 33.3 Å². The first kappa shape index (κ1) is 94.2. The zero-order valence-corrected chi connectivity index (χ0v) is 80.4. The van der Waals surface area contributed by atoms with Crippen molar-refractivity contribution in [2.24, 2.45) is 10.8 Å². The van der Waals surface area contributed by atoms with Crippen molar-refractivity contribution in [3.63, 3.8) is 0 Å². The number of hydrogen-bond donors (Lipinski definition) is 1. The molecule has 1 N–H and O–H groups in total. The van der Waals surface area contributed by atoms with Gasteiger partial charge in [0, 0.05) is 25.7 Å². The molecule has 6 saturated heterocycles. The zero-order chi connectivity index (χ0) is 88.8. The van der Waals surface area contributed by atoms with Gasteiger partial charge < -0.3 is 65.5 Å². The monoisotopic (exact) mass is 1750 g/mol. The van der Waals surface area contributed by atoms with E-state index in [4.69, 9.17) is 55.6 Å². The Kier molecular flexibility index (Phi) is 29.5. The first-order valence-electron chi connectivity index (χ1n) is 45.1. The van der Waals surface area contributed by atoms with Gasteiger partial charge in [0.15, 0.2) is 0 Å². The van der Waals surface area contributed by atoms with Crippen molar-refractivity contribution in [2.75, 3.05) is 13.2 Å². The minimum absolute atomic E-state index is 0.142. The van der Waals surface area contributed by atoms with Gasteiger partial charge in [-0.1, -0.05) is 332 Å². The fourth-order valence-electron chi connectivity index (χ4n) is 20.1. The lowest BCUT2D eigenvalue weighted by Crippen LogP contribution is -2.73. The number of benzene rings is 8. The predicted octanol–water partition coefficient (Wildman–Crippen LogP) is 15.4. The summed E-state index contributed by atoms with van der Waals surface area (Å²) >= 11 is 0. The minimum Gasteiger partial charge on any atom is -0.465 e. The van der Waals surface area contributed by atoms with E-state index in [0.29, 0.717) is 12.8 Å². The molecule has 6 fully saturated rings. The summed E-state index contributed by atoms with van der Waals surface area (Å²) in [5.74, 6) is -0.461. The molecular weight excluding hydrogens is 1620 g/mol. The van der Waals surface area contributed by atoms with E-state index in [-0.39, 0.29) is 82.6 Å². The van der Waals surface area contributed by atoms with Crippen LogP contribution in [0.2, 0.25) is 20.2 Å². The molecule has 0 aromatic heterocycles. The third-order valence-corrected chi connectivity index (χ3v) is 46.3. The van der Waals surface area contributed by atoms with E-state index < -0.39 is 123 Å². The second-order valence-corrected chi connectivity index (χ2v) is 57.9. The molecule has 17 atom stereocenters. The summed E-state index contributed by atoms with van der Waals surface area (Å²) in [4.78, 5) is 38.2. The lowest BCUT2D eigenvalue weighted by atomic mass is 9.88. The predicted molar refractivity (Wildman–Crippen MR) is 502 cm³/mol. The summed E-state index contributed by atoms with van der Waals surface area (Å²) in [6, 6.07) is 85.1. The Morgan fingerprint density at radius 3 is 0.839 bits per heavy atom. The number of carbonyl (C=O) groups excluding carboxylic acids is 3. The van der Waals surface area contributed by atoms with Gasteiger partial charge in [0.05, 0.1) is 66.8 Å². The molecule has 0 radical (unpaired) electrons. The van der Waals surface area contributed by atoms with Gasteiger partial charge in [-0.15, -0.1) is 6.58 Å². The molecule has 14 rings (SSSR count). The lowest BCUT2D eigenvalue weighted by Gasteiger charge is -2.53. The molecule has 8 aromatic rings. The van der Waals surface area contributed by atoms with Crippen molar-refractivity contribution in [2.45, 2.75) is 300 Å². The molecule has 6 aliphatic heterocycles. The van der Waals surface area contributed by atoms with E-state index in [0.717, 1.165) is 73.5 Å². The molecule has 6 heterocycles. The first-order chi connectivity index (χ1) is 58.9. The van der Waals surface area contributed by atoms with E-state index >= 15 is 0 Å². The number of ether oxygens (including phenoxy) is 8. The van der Waals surface area contributed by atoms with Gasteiger partial charge in [0.1, 0.15) is 67.3 Å². The molecule has 664 valence electrons. The van der Waals surface area contributed by atoms with Crippen LogP contribution in [0.1, 0.15) is 176 Å². The van der Waals surface area contributed by atoms with Crippen LogP contribution < -0.4 is 41.5 Å². The van der Waals surface area contributed by atoms with E-state index in [2.05, 4.69) is 320 Å². The summed E-state index contributed by atoms with van der Waals surface area (Å²) in [7, 11) is -12.7. The molecule has 0 bridgehead atoms. The van der Waals surface area contributed by atoms with Gasteiger partial charge in [-0.25, -0.2) is 0 Å². The van der Waals surface area contributed by atoms with Crippen LogP contribution in [0.4, 0.5) is 0 Å². The van der Waals surface area contributed by atoms with E-state index in [9.17, 15) is 19.5 Å². The van der Waals surface area contributed by atoms with E-state index in [1.807, 2.05) is 53.7 Å². The van der Waals surface area contributed by atoms with Crippen LogP contribution in [-0.4, -0.2) is 174 Å². The quantitative estimate of drug-likeness (QED) is 0.0222. The van der Waals surface area contributed by atoms with Gasteiger partial charge in [0.2, 0.25) is 0 Å². The molecule has 16 nitrogen and oxygen atoms in total. The molecule has 0 aliphatic carbocycles. The number of esters is 2. The zero-order valence-electron chi connectivity index (χ0n) is 76.4. The molecule has 0 saturated carbocycles. The Morgan fingerprint density at radius 2 is 0.597 bits per heavy atom. The molecule has 0 spiro atoms. The van der Waals surface area contributed by atoms with Gasteiger partial charge >= 0.3 is 11.9 Å². The number of rotatable bonds is 27. The van der Waals surface area contributed by atoms with Crippen LogP contribution in [0.5, 0.6) is 0 Å². The second-order valence-electron chi connectivity index (χ2n) is 40.9. The highest BCUT2D eigenvalue weighted by Gasteiger charge is 2.68. The highest BCUT2D eigenvalue weighted by atomic mass is 28.4. The van der Waals surface area contributed by atoms with Gasteiger partial charge in [-0.3, -0.25) is 9.59 Å². The van der Waals surface area contributed by atoms with Gasteiger partial charge in [-0.05, 0) is 129 Å². The maximum atomic E-state index is 12.8. The van der Waals surface area contributed by atoms with Crippen molar-refractivity contribution >= 4 is 93.0 Å². The topological polar surface area (TPSA) is 182 Å². The molecular formula is C104H136O16Si4. The molecule has 1 unspecified atom stereocenters. The Labute approximate surface area is 742 Å². The largest absolute Gasteiger partial charge is 0.465 e. The molecule has 8 aromatic carbocycles. The van der Waals surface area contributed by atoms with Crippen molar-refractivity contribution in [3.8, 4) is 0 Å². The van der Waals surface area contributed by atoms with Crippen LogP contribution in [0.3, 0.4) is 0 Å². The van der Waals surface area contributed by atoms with Crippen molar-refractivity contribution in [1.82, 2.24) is 0 Å². The van der Waals surface area contributed by atoms with Crippen molar-refractivity contribution in [3.05, 3.63) is 255 Å². The summed E-state index contributed by atoms with van der Waals surface area (Å²) in [6.45, 7) is 43.0. The van der Waals surface area contributed by atoms with Crippen LogP contribution >= 0.6 is 0 Å². The lowest BCUT2D eigenvalue weighted by molar-refractivity contribution is -0.256. The number of carbonyl (C=O) groups is 3. The number of hydrogen-bond acceptors (Lipinski definition) is 16. The SMILES string of the molecule is C=CC(O)C[C@H]1O[C@H]2[C@@H](O[Si](c3ccccc3)(c3ccccc3)C(C)(C)C)[C@H]3O[C@@H](CCOC(=O)C(C)(C)C)CC[C@@H]3O[C@H]2[C@H]1O[Si](c1ccccc1)(c1ccccc1)C(C)(C)C.CC(C)(C)C(=O)OCC[C@H]1CC[C@@H]2O[C@@H]3[C@@H](O[C@H](CC=O)[C@@H]3O[Si](c3ccccc3)(c3ccccc3)C(C)(C)C)[C@@H](O[Si](c3ccccc3)(c3ccccc3)C(C)(C)C)[C@H]2O1. The molecule has 124 heavy (non-hydrogen) atoms. The second kappa shape index (κ2) is 38.8. The highest BCUT2D eigenvalue weighted by molar-refractivity contribution is 7.01. The standard InChI is InChI=1S/C53H70O8Si2.C51H66O8Si2/c1-11-37(54)36-44-46(60-62(52(5,6)7,39-24-16-12-17-25-39)40-26-18-13-19-27-40)47-48(59-44)49(45-43(58-47)33-32-38(57-45)34-35-56-50(55)51(2,3)4)61-63(53(8,9)10,41-28-20-14-21-29-41)42-30-22-15-23-31-42;1-49(2,3)48(53)54-35-33-36-30-31-41-43(55-36)47(59-61(51(7,8)9,39-26-18-12-19-27-39)40-28-20-13-21-29-40)46-45(56-41)44(42(57-46)32-34-52)58-60(50(4,5)6,37-22-14-10-15-23-37)38-24-16-11-17-25-38/h11-31,37-38,43-49,54H,1,32-36H2,2-10H3;10-29,34,36,41-47H,30-33,35H2,1-9H3/t37?,38-,43+,44-,45+,46+,47+,48-,49+;36-,41+,42-,43+,44+,45+,46-,47+/m11/s1. The Balaban J connectivity index is 0.000000213. The molecule has 6 aliphatic rings. The van der Waals surface area contributed by atoms with Crippen LogP contribution in [0.25, 0.3) is 0 Å². The van der Waals surface area contributed by atoms with E-state index in [1.165, 1.54) is 0 Å². The first-order valence-corrected chi connectivity index (χ1v) is 52.7. The highest BCUT2D eigenvalue weighted by Crippen LogP contribution is 2.52. The summed E-state index contributed by atoms with van der Waals surface area (Å²) in [5.41, 5.74) is -1.19. The average molecular weight is 1750 g/mol. The smallest absolute Gasteiger partial charge is 0.311 e. The fraction of sp³-hybridized carbons (Fsp3) is 0.490. The Hall–Kier alpha value is -7.46. The average Bonchev–Trinajstić information content (AvgIpc) is 1.47. The third-order valence-electron chi connectivity index (χ3n) is 26.2. The number of aliphatic hydroxyl groups is 1. The van der Waals surface area contributed by atoms with Crippen LogP contribution in [0, 0.1) is 10.8 Å². The normalized spacial score (nSPS) is 26.0. The molecule has 20 heteroatoms. The van der Waals surface area contributed by atoms with Crippen molar-refractivity contribution < 1.29 is 75.1 Å². The van der Waals surface area contributed by atoms with Crippen LogP contribution in [0.15, 0.2) is 255 Å². The summed E-state index contributed by atoms with van der Waals surface area (Å²) in [6.07, 6.45) is -1.74. The van der Waals surface area contributed by atoms with Crippen LogP contribution in [-0.2, 0) is 70.0 Å². The fourth-order valence-corrected chi connectivity index (χ4v) is 38.9. The summed E-state index contributed by atoms with van der Waals surface area (Å²) in [5, 5.41) is 19.3. The van der Waals surface area contributed by atoms with Crippen molar-refractivity contribution in [1.29, 1.82) is 0 Å². The Morgan fingerprint density at radius 1 is 0.355 bits per heavy atom.